The van der Waals surface area contributed by atoms with Crippen LogP contribution in [0.4, 0.5) is 5.82 Å². The van der Waals surface area contributed by atoms with Crippen molar-refractivity contribution in [2.24, 2.45) is 0 Å². The van der Waals surface area contributed by atoms with Crippen LogP contribution in [0, 0.1) is 6.92 Å². The Morgan fingerprint density at radius 2 is 1.79 bits per heavy atom. The van der Waals surface area contributed by atoms with Gasteiger partial charge in [-0.2, -0.15) is 0 Å². The van der Waals surface area contributed by atoms with Crippen molar-refractivity contribution >= 4 is 5.82 Å². The first-order chi connectivity index (χ1) is 11.7. The normalized spacial score (nSPS) is 25.9. The van der Waals surface area contributed by atoms with Gasteiger partial charge >= 0.3 is 0 Å². The third kappa shape index (κ3) is 3.16. The maximum Gasteiger partial charge on any atom is 0.135 e. The highest BCUT2D eigenvalue weighted by Gasteiger charge is 2.32. The molecule has 0 amide bonds. The van der Waals surface area contributed by atoms with Gasteiger partial charge in [0, 0.05) is 56.6 Å². The van der Waals surface area contributed by atoms with Crippen molar-refractivity contribution in [3.8, 4) is 0 Å². The highest BCUT2D eigenvalue weighted by atomic mass is 15.3. The van der Waals surface area contributed by atoms with Gasteiger partial charge in [-0.25, -0.2) is 9.97 Å². The van der Waals surface area contributed by atoms with Gasteiger partial charge in [-0.05, 0) is 45.6 Å². The van der Waals surface area contributed by atoms with Crippen LogP contribution in [0.5, 0.6) is 0 Å². The van der Waals surface area contributed by atoms with Gasteiger partial charge in [0.05, 0.1) is 0 Å². The smallest absolute Gasteiger partial charge is 0.135 e. The van der Waals surface area contributed by atoms with E-state index in [9.17, 15) is 0 Å². The predicted octanol–water partition coefficient (Wildman–Crippen LogP) is 1.88. The van der Waals surface area contributed by atoms with E-state index in [4.69, 9.17) is 9.97 Å². The van der Waals surface area contributed by atoms with E-state index >= 15 is 0 Å². The number of anilines is 1. The molecule has 5 heteroatoms. The lowest BCUT2D eigenvalue weighted by Crippen LogP contribution is -2.50. The molecule has 4 rings (SSSR count). The Kier molecular flexibility index (Phi) is 4.72. The summed E-state index contributed by atoms with van der Waals surface area (Å²) in [6.45, 7) is 12.7. The molecule has 24 heavy (non-hydrogen) atoms. The first kappa shape index (κ1) is 16.3. The van der Waals surface area contributed by atoms with Crippen molar-refractivity contribution < 1.29 is 0 Å². The number of aryl methyl sites for hydroxylation is 2. The van der Waals surface area contributed by atoms with Crippen molar-refractivity contribution in [3.05, 3.63) is 17.1 Å². The van der Waals surface area contributed by atoms with E-state index in [0.717, 1.165) is 25.3 Å². The Bertz CT molecular complexity index is 579. The summed E-state index contributed by atoms with van der Waals surface area (Å²) in [6, 6.07) is 0.707. The molecule has 0 spiro atoms. The molecule has 1 aliphatic carbocycles. The summed E-state index contributed by atoms with van der Waals surface area (Å²) < 4.78 is 0. The van der Waals surface area contributed by atoms with Crippen LogP contribution in [0.3, 0.4) is 0 Å². The zero-order chi connectivity index (χ0) is 16.5. The van der Waals surface area contributed by atoms with Crippen LogP contribution >= 0.6 is 0 Å². The zero-order valence-electron chi connectivity index (χ0n) is 15.3. The van der Waals surface area contributed by atoms with Crippen LogP contribution in [0.25, 0.3) is 0 Å². The number of likely N-dealkylation sites (N-methyl/N-ethyl adjacent to an activating group) is 1. The molecule has 3 heterocycles. The summed E-state index contributed by atoms with van der Waals surface area (Å²) in [5.41, 5.74) is 2.77. The molecule has 0 radical (unpaired) electrons. The van der Waals surface area contributed by atoms with Gasteiger partial charge in [-0.15, -0.1) is 0 Å². The molecule has 3 aliphatic rings. The Morgan fingerprint density at radius 3 is 2.58 bits per heavy atom. The van der Waals surface area contributed by atoms with Gasteiger partial charge in [0.15, 0.2) is 0 Å². The molecule has 1 aromatic rings. The SMILES string of the molecule is CCN1CCN(C2CCN(c3nc(C)nc4c3CCCC4)C2)CC1. The second kappa shape index (κ2) is 6.96. The summed E-state index contributed by atoms with van der Waals surface area (Å²) in [4.78, 5) is 17.4. The Balaban J connectivity index is 1.46. The molecule has 2 aliphatic heterocycles. The highest BCUT2D eigenvalue weighted by molar-refractivity contribution is 5.51. The fourth-order valence-corrected chi connectivity index (χ4v) is 4.63. The number of piperazine rings is 1. The van der Waals surface area contributed by atoms with E-state index in [1.807, 2.05) is 0 Å². The Morgan fingerprint density at radius 1 is 1.00 bits per heavy atom. The Hall–Kier alpha value is -1.20. The van der Waals surface area contributed by atoms with Crippen molar-refractivity contribution in [3.63, 3.8) is 0 Å². The molecular weight excluding hydrogens is 298 g/mol. The minimum absolute atomic E-state index is 0.707. The minimum Gasteiger partial charge on any atom is -0.355 e. The van der Waals surface area contributed by atoms with Crippen LogP contribution in [0.15, 0.2) is 0 Å². The lowest BCUT2D eigenvalue weighted by Gasteiger charge is -2.37. The molecule has 132 valence electrons. The third-order valence-corrected chi connectivity index (χ3v) is 6.11. The number of aromatic nitrogens is 2. The van der Waals surface area contributed by atoms with Crippen molar-refractivity contribution in [2.45, 2.75) is 52.0 Å². The third-order valence-electron chi connectivity index (χ3n) is 6.11. The monoisotopic (exact) mass is 329 g/mol. The van der Waals surface area contributed by atoms with Crippen LogP contribution < -0.4 is 4.90 Å². The molecule has 0 saturated carbocycles. The maximum absolute atomic E-state index is 4.86. The molecule has 1 unspecified atom stereocenters. The molecule has 2 fully saturated rings. The van der Waals surface area contributed by atoms with Gasteiger partial charge in [-0.1, -0.05) is 6.92 Å². The molecule has 0 N–H and O–H groups in total. The van der Waals surface area contributed by atoms with Gasteiger partial charge in [0.25, 0.3) is 0 Å². The second-order valence-corrected chi connectivity index (χ2v) is 7.59. The average molecular weight is 329 g/mol. The van der Waals surface area contributed by atoms with Gasteiger partial charge in [-0.3, -0.25) is 4.90 Å². The summed E-state index contributed by atoms with van der Waals surface area (Å²) in [5.74, 6) is 2.21. The van der Waals surface area contributed by atoms with Crippen LogP contribution in [0.1, 0.15) is 43.3 Å². The lowest BCUT2D eigenvalue weighted by molar-refractivity contribution is 0.107. The fraction of sp³-hybridized carbons (Fsp3) is 0.789. The number of hydrogen-bond acceptors (Lipinski definition) is 5. The number of nitrogens with zero attached hydrogens (tertiary/aromatic N) is 5. The van der Waals surface area contributed by atoms with E-state index in [1.54, 1.807) is 0 Å². The van der Waals surface area contributed by atoms with E-state index in [1.165, 1.54) is 75.5 Å². The summed E-state index contributed by atoms with van der Waals surface area (Å²) in [6.07, 6.45) is 6.17. The van der Waals surface area contributed by atoms with Crippen molar-refractivity contribution in [1.29, 1.82) is 0 Å². The largest absolute Gasteiger partial charge is 0.355 e. The van der Waals surface area contributed by atoms with Crippen molar-refractivity contribution in [1.82, 2.24) is 19.8 Å². The van der Waals surface area contributed by atoms with E-state index in [0.29, 0.717) is 6.04 Å². The molecule has 5 nitrogen and oxygen atoms in total. The van der Waals surface area contributed by atoms with E-state index < -0.39 is 0 Å². The first-order valence-electron chi connectivity index (χ1n) is 9.82. The Labute approximate surface area is 146 Å². The predicted molar refractivity (Wildman–Crippen MR) is 97.7 cm³/mol. The van der Waals surface area contributed by atoms with Crippen LogP contribution in [-0.4, -0.2) is 71.6 Å². The summed E-state index contributed by atoms with van der Waals surface area (Å²) >= 11 is 0. The first-order valence-corrected chi connectivity index (χ1v) is 9.82. The maximum atomic E-state index is 4.86. The molecule has 0 bridgehead atoms. The van der Waals surface area contributed by atoms with Crippen LogP contribution in [0.2, 0.25) is 0 Å². The van der Waals surface area contributed by atoms with Crippen molar-refractivity contribution in [2.75, 3.05) is 50.7 Å². The average Bonchev–Trinajstić information content (AvgIpc) is 3.11. The molecule has 1 aromatic heterocycles. The van der Waals surface area contributed by atoms with Gasteiger partial charge in [0.1, 0.15) is 11.6 Å². The zero-order valence-corrected chi connectivity index (χ0v) is 15.3. The summed E-state index contributed by atoms with van der Waals surface area (Å²) in [5, 5.41) is 0. The van der Waals surface area contributed by atoms with Gasteiger partial charge in [0.2, 0.25) is 0 Å². The number of rotatable bonds is 3. The highest BCUT2D eigenvalue weighted by Crippen LogP contribution is 2.31. The lowest BCUT2D eigenvalue weighted by atomic mass is 9.96. The molecule has 1 atom stereocenters. The molecular formula is C19H31N5. The topological polar surface area (TPSA) is 35.5 Å². The van der Waals surface area contributed by atoms with E-state index in [2.05, 4.69) is 28.5 Å². The quantitative estimate of drug-likeness (QED) is 0.846. The minimum atomic E-state index is 0.707. The van der Waals surface area contributed by atoms with Crippen LogP contribution in [-0.2, 0) is 12.8 Å². The van der Waals surface area contributed by atoms with Gasteiger partial charge < -0.3 is 9.80 Å². The number of fused-ring (bicyclic) bond motifs is 1. The number of hydrogen-bond donors (Lipinski definition) is 0. The molecule has 2 saturated heterocycles. The standard InChI is InChI=1S/C19H31N5/c1-3-22-10-12-23(13-11-22)16-8-9-24(14-16)19-17-6-4-5-7-18(17)20-15(2)21-19/h16H,3-14H2,1-2H3. The summed E-state index contributed by atoms with van der Waals surface area (Å²) in [7, 11) is 0. The second-order valence-electron chi connectivity index (χ2n) is 7.59. The molecule has 0 aromatic carbocycles. The van der Waals surface area contributed by atoms with E-state index in [-0.39, 0.29) is 0 Å². The fourth-order valence-electron chi connectivity index (χ4n) is 4.63.